The van der Waals surface area contributed by atoms with E-state index < -0.39 is 5.97 Å². The average molecular weight is 382 g/mol. The van der Waals surface area contributed by atoms with Crippen LogP contribution in [0.25, 0.3) is 11.7 Å². The highest BCUT2D eigenvalue weighted by Crippen LogP contribution is 2.22. The Hall–Kier alpha value is -2.73. The van der Waals surface area contributed by atoms with E-state index in [0.717, 1.165) is 27.1 Å². The highest BCUT2D eigenvalue weighted by molar-refractivity contribution is 9.10. The van der Waals surface area contributed by atoms with Crippen molar-refractivity contribution in [3.63, 3.8) is 0 Å². The Morgan fingerprint density at radius 2 is 2.08 bits per heavy atom. The molecular weight excluding hydrogens is 370 g/mol. The number of hydrogen-bond acceptors (Lipinski definition) is 4. The van der Waals surface area contributed by atoms with Gasteiger partial charge in [0.2, 0.25) is 5.90 Å². The Balaban J connectivity index is 1.79. The average Bonchev–Trinajstić information content (AvgIpc) is 3.09. The molecule has 0 N–H and O–H groups in total. The van der Waals surface area contributed by atoms with Crippen LogP contribution in [0.3, 0.4) is 0 Å². The van der Waals surface area contributed by atoms with E-state index in [9.17, 15) is 4.79 Å². The minimum Gasteiger partial charge on any atom is -0.402 e. The molecule has 2 aromatic heterocycles. The topological polar surface area (TPSA) is 56.0 Å². The number of rotatable bonds is 2. The predicted octanol–water partition coefficient (Wildman–Crippen LogP) is 3.75. The third-order valence-corrected chi connectivity index (χ3v) is 4.21. The number of ether oxygens (including phenoxy) is 1. The molecule has 0 radical (unpaired) electrons. The van der Waals surface area contributed by atoms with Gasteiger partial charge in [0.05, 0.1) is 11.4 Å². The first kappa shape index (κ1) is 14.8. The van der Waals surface area contributed by atoms with Crippen molar-refractivity contribution in [2.45, 2.75) is 6.92 Å². The number of carbonyl (C=O) groups excluding carboxylic acids is 1. The molecule has 0 spiro atoms. The predicted molar refractivity (Wildman–Crippen MR) is 94.7 cm³/mol. The van der Waals surface area contributed by atoms with Gasteiger partial charge in [-0.1, -0.05) is 28.1 Å². The first-order chi connectivity index (χ1) is 11.6. The van der Waals surface area contributed by atoms with Crippen LogP contribution in [0.15, 0.2) is 63.8 Å². The maximum Gasteiger partial charge on any atom is 0.363 e. The van der Waals surface area contributed by atoms with Gasteiger partial charge in [-0.05, 0) is 43.3 Å². The van der Waals surface area contributed by atoms with Crippen LogP contribution in [0.4, 0.5) is 0 Å². The van der Waals surface area contributed by atoms with Gasteiger partial charge in [-0.3, -0.25) is 4.40 Å². The summed E-state index contributed by atoms with van der Waals surface area (Å²) < 4.78 is 8.12. The number of carbonyl (C=O) groups is 1. The van der Waals surface area contributed by atoms with E-state index in [2.05, 4.69) is 25.9 Å². The fourth-order valence-electron chi connectivity index (χ4n) is 2.59. The smallest absolute Gasteiger partial charge is 0.363 e. The van der Waals surface area contributed by atoms with Crippen molar-refractivity contribution in [2.75, 3.05) is 0 Å². The number of esters is 1. The van der Waals surface area contributed by atoms with Crippen LogP contribution in [-0.2, 0) is 9.53 Å². The van der Waals surface area contributed by atoms with E-state index in [0.29, 0.717) is 5.90 Å². The van der Waals surface area contributed by atoms with Gasteiger partial charge in [-0.15, -0.1) is 0 Å². The van der Waals surface area contributed by atoms with E-state index >= 15 is 0 Å². The lowest BCUT2D eigenvalue weighted by atomic mass is 10.2. The van der Waals surface area contributed by atoms with Gasteiger partial charge in [0.1, 0.15) is 5.65 Å². The number of halogens is 1. The summed E-state index contributed by atoms with van der Waals surface area (Å²) in [5.74, 6) is -0.158. The lowest BCUT2D eigenvalue weighted by Gasteiger charge is -1.99. The van der Waals surface area contributed by atoms with Gasteiger partial charge in [-0.25, -0.2) is 14.8 Å². The number of aliphatic imine (C=N–C) groups is 1. The van der Waals surface area contributed by atoms with Crippen LogP contribution in [-0.4, -0.2) is 21.3 Å². The number of benzene rings is 1. The van der Waals surface area contributed by atoms with Crippen LogP contribution >= 0.6 is 15.9 Å². The largest absolute Gasteiger partial charge is 0.402 e. The molecule has 5 nitrogen and oxygen atoms in total. The van der Waals surface area contributed by atoms with Gasteiger partial charge in [0, 0.05) is 16.2 Å². The molecular formula is C18H12BrN3O2. The summed E-state index contributed by atoms with van der Waals surface area (Å²) in [6.45, 7) is 1.90. The fraction of sp³-hybridized carbons (Fsp3) is 0.0556. The zero-order chi connectivity index (χ0) is 16.7. The number of hydrogen-bond donors (Lipinski definition) is 0. The summed E-state index contributed by atoms with van der Waals surface area (Å²) in [6, 6.07) is 13.2. The number of fused-ring (bicyclic) bond motifs is 1. The molecule has 0 amide bonds. The van der Waals surface area contributed by atoms with Crippen molar-refractivity contribution in [3.05, 3.63) is 75.8 Å². The Labute approximate surface area is 146 Å². The summed E-state index contributed by atoms with van der Waals surface area (Å²) in [4.78, 5) is 21.0. The van der Waals surface area contributed by atoms with Gasteiger partial charge < -0.3 is 4.74 Å². The van der Waals surface area contributed by atoms with Gasteiger partial charge in [-0.2, -0.15) is 0 Å². The third kappa shape index (κ3) is 2.55. The Morgan fingerprint density at radius 1 is 1.21 bits per heavy atom. The number of cyclic esters (lactones) is 1. The highest BCUT2D eigenvalue weighted by atomic mass is 79.9. The molecule has 0 aliphatic carbocycles. The summed E-state index contributed by atoms with van der Waals surface area (Å²) in [6.07, 6.45) is 3.61. The number of imidazole rings is 1. The van der Waals surface area contributed by atoms with Crippen molar-refractivity contribution in [1.29, 1.82) is 0 Å². The first-order valence-corrected chi connectivity index (χ1v) is 8.13. The van der Waals surface area contributed by atoms with Crippen LogP contribution in [0.1, 0.15) is 17.0 Å². The lowest BCUT2D eigenvalue weighted by molar-refractivity contribution is -0.129. The summed E-state index contributed by atoms with van der Waals surface area (Å²) in [5, 5.41) is 0. The van der Waals surface area contributed by atoms with Crippen LogP contribution in [0.5, 0.6) is 0 Å². The molecule has 1 aliphatic rings. The van der Waals surface area contributed by atoms with Crippen LogP contribution < -0.4 is 0 Å². The molecule has 0 bridgehead atoms. The van der Waals surface area contributed by atoms with E-state index in [-0.39, 0.29) is 5.70 Å². The Morgan fingerprint density at radius 3 is 2.92 bits per heavy atom. The second-order valence-corrected chi connectivity index (χ2v) is 6.27. The lowest BCUT2D eigenvalue weighted by Crippen LogP contribution is -2.05. The fourth-order valence-corrected chi connectivity index (χ4v) is 2.99. The molecule has 6 heteroatoms. The normalized spacial score (nSPS) is 15.8. The molecule has 0 unspecified atom stereocenters. The van der Waals surface area contributed by atoms with E-state index in [4.69, 9.17) is 4.74 Å². The highest BCUT2D eigenvalue weighted by Gasteiger charge is 2.25. The minimum atomic E-state index is -0.463. The zero-order valence-electron chi connectivity index (χ0n) is 12.7. The van der Waals surface area contributed by atoms with Crippen LogP contribution in [0.2, 0.25) is 0 Å². The van der Waals surface area contributed by atoms with E-state index in [1.165, 1.54) is 0 Å². The van der Waals surface area contributed by atoms with E-state index in [1.54, 1.807) is 6.08 Å². The zero-order valence-corrected chi connectivity index (χ0v) is 14.3. The third-order valence-electron chi connectivity index (χ3n) is 3.72. The molecule has 0 fully saturated rings. The molecule has 1 aromatic carbocycles. The summed E-state index contributed by atoms with van der Waals surface area (Å²) in [7, 11) is 0. The van der Waals surface area contributed by atoms with Crippen molar-refractivity contribution in [2.24, 2.45) is 4.99 Å². The van der Waals surface area contributed by atoms with E-state index in [1.807, 2.05) is 60.0 Å². The molecule has 4 rings (SSSR count). The van der Waals surface area contributed by atoms with Gasteiger partial charge >= 0.3 is 5.97 Å². The summed E-state index contributed by atoms with van der Waals surface area (Å²) in [5.41, 5.74) is 3.48. The molecule has 3 heterocycles. The van der Waals surface area contributed by atoms with Crippen LogP contribution in [0, 0.1) is 6.92 Å². The monoisotopic (exact) mass is 381 g/mol. The molecule has 0 saturated carbocycles. The molecule has 1 aliphatic heterocycles. The second-order valence-electron chi connectivity index (χ2n) is 5.36. The quantitative estimate of drug-likeness (QED) is 0.501. The second kappa shape index (κ2) is 5.72. The molecule has 0 atom stereocenters. The standard InChI is InChI=1S/C18H12BrN3O2/c1-11-15(22-8-3-2-7-16(22)20-11)10-14-18(23)24-17(21-14)12-5-4-6-13(19)9-12/h2-10H,1H3. The van der Waals surface area contributed by atoms with Crippen molar-refractivity contribution in [1.82, 2.24) is 9.38 Å². The van der Waals surface area contributed by atoms with Crippen molar-refractivity contribution < 1.29 is 9.53 Å². The van der Waals surface area contributed by atoms with Crippen molar-refractivity contribution >= 4 is 39.5 Å². The van der Waals surface area contributed by atoms with Gasteiger partial charge in [0.15, 0.2) is 5.70 Å². The van der Waals surface area contributed by atoms with Crippen molar-refractivity contribution in [3.8, 4) is 0 Å². The van der Waals surface area contributed by atoms with Gasteiger partial charge in [0.25, 0.3) is 0 Å². The number of aryl methyl sites for hydroxylation is 1. The number of nitrogens with zero attached hydrogens (tertiary/aromatic N) is 3. The maximum atomic E-state index is 12.2. The summed E-state index contributed by atoms with van der Waals surface area (Å²) >= 11 is 3.40. The molecule has 0 saturated heterocycles. The molecule has 24 heavy (non-hydrogen) atoms. The first-order valence-electron chi connectivity index (χ1n) is 7.34. The number of aromatic nitrogens is 2. The number of pyridine rings is 1. The minimum absolute atomic E-state index is 0.263. The molecule has 118 valence electrons. The SMILES string of the molecule is Cc1nc2ccccn2c1C=C1N=C(c2cccc(Br)c2)OC1=O. The molecule has 3 aromatic rings. The Bertz CT molecular complexity index is 1030. The maximum absolute atomic E-state index is 12.2. The Kier molecular flexibility index (Phi) is 3.54.